The van der Waals surface area contributed by atoms with Crippen LogP contribution in [0.15, 0.2) is 36.4 Å². The number of rotatable bonds is 8. The van der Waals surface area contributed by atoms with Gasteiger partial charge in [-0.05, 0) is 61.1 Å². The Morgan fingerprint density at radius 2 is 1.08 bits per heavy atom. The predicted molar refractivity (Wildman–Crippen MR) is 105 cm³/mol. The molecule has 0 unspecified atom stereocenters. The Hall–Kier alpha value is -2.11. The molecule has 2 aromatic carbocycles. The Balaban J connectivity index is 0.00000288. The van der Waals surface area contributed by atoms with E-state index in [1.165, 1.54) is 0 Å². The highest BCUT2D eigenvalue weighted by Gasteiger charge is 2.01. The molecule has 5 nitrogen and oxygen atoms in total. The standard InChI is InChI=1S/C18H26N4O.ClH/c19-15-7-5-13(17(21)11-15)3-1-9-23-10-2-4-14-6-8-16(20)12-18(14)22;/h5-8,11-12H,1-4,9-10,19-22H2;1H. The van der Waals surface area contributed by atoms with Crippen molar-refractivity contribution in [3.8, 4) is 0 Å². The highest BCUT2D eigenvalue weighted by molar-refractivity contribution is 5.85. The van der Waals surface area contributed by atoms with Crippen molar-refractivity contribution in [3.05, 3.63) is 47.5 Å². The average molecular weight is 351 g/mol. The van der Waals surface area contributed by atoms with Gasteiger partial charge in [-0.1, -0.05) is 12.1 Å². The molecular formula is C18H27ClN4O. The molecule has 0 bridgehead atoms. The summed E-state index contributed by atoms with van der Waals surface area (Å²) < 4.78 is 5.67. The molecule has 0 aliphatic heterocycles. The summed E-state index contributed by atoms with van der Waals surface area (Å²) in [6.45, 7) is 1.45. The summed E-state index contributed by atoms with van der Waals surface area (Å²) in [5.74, 6) is 0. The number of ether oxygens (including phenoxy) is 1. The Kier molecular flexibility index (Phi) is 8.22. The fraction of sp³-hybridized carbons (Fsp3) is 0.333. The molecule has 24 heavy (non-hydrogen) atoms. The number of aryl methyl sites for hydroxylation is 2. The fourth-order valence-corrected chi connectivity index (χ4v) is 2.51. The second-order valence-corrected chi connectivity index (χ2v) is 5.74. The third-order valence-electron chi connectivity index (χ3n) is 3.81. The number of anilines is 4. The molecule has 0 radical (unpaired) electrons. The first-order valence-corrected chi connectivity index (χ1v) is 7.92. The third-order valence-corrected chi connectivity index (χ3v) is 3.81. The molecule has 0 atom stereocenters. The van der Waals surface area contributed by atoms with Gasteiger partial charge in [0.1, 0.15) is 0 Å². The summed E-state index contributed by atoms with van der Waals surface area (Å²) >= 11 is 0. The molecule has 2 rings (SSSR count). The lowest BCUT2D eigenvalue weighted by Gasteiger charge is -2.08. The first-order chi connectivity index (χ1) is 11.1. The van der Waals surface area contributed by atoms with Crippen molar-refractivity contribution < 1.29 is 4.74 Å². The van der Waals surface area contributed by atoms with Crippen LogP contribution in [-0.4, -0.2) is 13.2 Å². The summed E-state index contributed by atoms with van der Waals surface area (Å²) in [4.78, 5) is 0. The van der Waals surface area contributed by atoms with E-state index in [0.717, 1.165) is 61.4 Å². The summed E-state index contributed by atoms with van der Waals surface area (Å²) in [7, 11) is 0. The maximum atomic E-state index is 5.93. The SMILES string of the molecule is Cl.Nc1ccc(CCCOCCCc2ccc(N)cc2N)c(N)c1. The van der Waals surface area contributed by atoms with E-state index < -0.39 is 0 Å². The first kappa shape index (κ1) is 19.9. The quantitative estimate of drug-likeness (QED) is 0.431. The van der Waals surface area contributed by atoms with Crippen LogP contribution < -0.4 is 22.9 Å². The lowest BCUT2D eigenvalue weighted by molar-refractivity contribution is 0.130. The zero-order valence-electron chi connectivity index (χ0n) is 13.8. The van der Waals surface area contributed by atoms with E-state index in [1.807, 2.05) is 24.3 Å². The van der Waals surface area contributed by atoms with Gasteiger partial charge in [0.2, 0.25) is 0 Å². The summed E-state index contributed by atoms with van der Waals surface area (Å²) in [5, 5.41) is 0. The number of benzene rings is 2. The smallest absolute Gasteiger partial charge is 0.0469 e. The molecule has 8 N–H and O–H groups in total. The van der Waals surface area contributed by atoms with Crippen LogP contribution in [0.4, 0.5) is 22.7 Å². The maximum absolute atomic E-state index is 5.93. The van der Waals surface area contributed by atoms with Gasteiger partial charge in [-0.2, -0.15) is 0 Å². The van der Waals surface area contributed by atoms with Crippen LogP contribution in [0.1, 0.15) is 24.0 Å². The van der Waals surface area contributed by atoms with Crippen LogP contribution in [0, 0.1) is 0 Å². The van der Waals surface area contributed by atoms with Crippen molar-refractivity contribution in [2.45, 2.75) is 25.7 Å². The van der Waals surface area contributed by atoms with Gasteiger partial charge in [0, 0.05) is 36.0 Å². The number of hydrogen-bond donors (Lipinski definition) is 4. The molecule has 0 amide bonds. The minimum absolute atomic E-state index is 0. The monoisotopic (exact) mass is 350 g/mol. The molecule has 0 aromatic heterocycles. The van der Waals surface area contributed by atoms with Gasteiger partial charge < -0.3 is 27.7 Å². The van der Waals surface area contributed by atoms with Crippen LogP contribution in [0.2, 0.25) is 0 Å². The van der Waals surface area contributed by atoms with Crippen LogP contribution in [0.3, 0.4) is 0 Å². The van der Waals surface area contributed by atoms with E-state index in [0.29, 0.717) is 11.4 Å². The number of nitrogens with two attached hydrogens (primary N) is 4. The minimum atomic E-state index is 0. The Morgan fingerprint density at radius 3 is 1.46 bits per heavy atom. The summed E-state index contributed by atoms with van der Waals surface area (Å²) in [5.41, 5.74) is 28.4. The number of nitrogen functional groups attached to an aromatic ring is 4. The lowest BCUT2D eigenvalue weighted by Crippen LogP contribution is -2.03. The third kappa shape index (κ3) is 6.18. The van der Waals surface area contributed by atoms with E-state index in [4.69, 9.17) is 27.7 Å². The largest absolute Gasteiger partial charge is 0.399 e. The maximum Gasteiger partial charge on any atom is 0.0469 e. The summed E-state index contributed by atoms with van der Waals surface area (Å²) in [6.07, 6.45) is 3.68. The Morgan fingerprint density at radius 1 is 0.667 bits per heavy atom. The normalized spacial score (nSPS) is 10.3. The van der Waals surface area contributed by atoms with Gasteiger partial charge in [0.15, 0.2) is 0 Å². The number of halogens is 1. The van der Waals surface area contributed by atoms with Crippen LogP contribution in [0.25, 0.3) is 0 Å². The fourth-order valence-electron chi connectivity index (χ4n) is 2.51. The highest BCUT2D eigenvalue weighted by Crippen LogP contribution is 2.18. The van der Waals surface area contributed by atoms with Crippen molar-refractivity contribution in [1.82, 2.24) is 0 Å². The summed E-state index contributed by atoms with van der Waals surface area (Å²) in [6, 6.07) is 11.3. The van der Waals surface area contributed by atoms with Crippen molar-refractivity contribution >= 4 is 35.2 Å². The Labute approximate surface area is 149 Å². The molecule has 6 heteroatoms. The molecule has 0 spiro atoms. The van der Waals surface area contributed by atoms with Gasteiger partial charge >= 0.3 is 0 Å². The average Bonchev–Trinajstić information content (AvgIpc) is 2.50. The van der Waals surface area contributed by atoms with Crippen molar-refractivity contribution in [1.29, 1.82) is 0 Å². The minimum Gasteiger partial charge on any atom is -0.399 e. The molecule has 0 saturated carbocycles. The molecule has 2 aromatic rings. The second-order valence-electron chi connectivity index (χ2n) is 5.74. The van der Waals surface area contributed by atoms with Crippen LogP contribution >= 0.6 is 12.4 Å². The molecule has 0 fully saturated rings. The van der Waals surface area contributed by atoms with Crippen molar-refractivity contribution in [3.63, 3.8) is 0 Å². The Bertz CT molecular complexity index is 593. The zero-order chi connectivity index (χ0) is 16.7. The molecule has 0 aliphatic rings. The molecule has 0 heterocycles. The first-order valence-electron chi connectivity index (χ1n) is 7.92. The van der Waals surface area contributed by atoms with Crippen LogP contribution in [0.5, 0.6) is 0 Å². The molecular weight excluding hydrogens is 324 g/mol. The predicted octanol–water partition coefficient (Wildman–Crippen LogP) is 3.02. The van der Waals surface area contributed by atoms with Gasteiger partial charge in [0.05, 0.1) is 0 Å². The lowest BCUT2D eigenvalue weighted by atomic mass is 10.1. The van der Waals surface area contributed by atoms with E-state index in [-0.39, 0.29) is 12.4 Å². The number of hydrogen-bond acceptors (Lipinski definition) is 5. The van der Waals surface area contributed by atoms with E-state index in [9.17, 15) is 0 Å². The van der Waals surface area contributed by atoms with Crippen molar-refractivity contribution in [2.75, 3.05) is 36.1 Å². The van der Waals surface area contributed by atoms with Gasteiger partial charge in [-0.25, -0.2) is 0 Å². The second kappa shape index (κ2) is 9.90. The topological polar surface area (TPSA) is 113 Å². The van der Waals surface area contributed by atoms with E-state index in [1.54, 1.807) is 12.1 Å². The van der Waals surface area contributed by atoms with Gasteiger partial charge in [-0.15, -0.1) is 12.4 Å². The highest BCUT2D eigenvalue weighted by atomic mass is 35.5. The van der Waals surface area contributed by atoms with E-state index in [2.05, 4.69) is 0 Å². The van der Waals surface area contributed by atoms with E-state index >= 15 is 0 Å². The zero-order valence-corrected chi connectivity index (χ0v) is 14.6. The van der Waals surface area contributed by atoms with Crippen LogP contribution in [-0.2, 0) is 17.6 Å². The van der Waals surface area contributed by atoms with Gasteiger partial charge in [0.25, 0.3) is 0 Å². The molecule has 132 valence electrons. The van der Waals surface area contributed by atoms with Gasteiger partial charge in [-0.3, -0.25) is 0 Å². The molecule has 0 saturated heterocycles. The van der Waals surface area contributed by atoms with Crippen molar-refractivity contribution in [2.24, 2.45) is 0 Å². The molecule has 0 aliphatic carbocycles.